The summed E-state index contributed by atoms with van der Waals surface area (Å²) < 4.78 is 12.5. The minimum Gasteiger partial charge on any atom is -0.491 e. The number of nitrogens with one attached hydrogen (secondary N) is 1. The van der Waals surface area contributed by atoms with E-state index in [1.165, 1.54) is 0 Å². The zero-order valence-electron chi connectivity index (χ0n) is 15.6. The molecule has 2 aromatic rings. The van der Waals surface area contributed by atoms with Gasteiger partial charge in [0.15, 0.2) is 0 Å². The van der Waals surface area contributed by atoms with Crippen molar-refractivity contribution in [2.75, 3.05) is 19.7 Å². The molecule has 2 unspecified atom stereocenters. The van der Waals surface area contributed by atoms with Gasteiger partial charge >= 0.3 is 0 Å². The first-order chi connectivity index (χ1) is 12.0. The third-order valence-corrected chi connectivity index (χ3v) is 4.53. The maximum absolute atomic E-state index is 10.3. The smallest absolute Gasteiger partial charge is 0.134 e. The predicted molar refractivity (Wildman–Crippen MR) is 106 cm³/mol. The summed E-state index contributed by atoms with van der Waals surface area (Å²) in [6, 6.07) is 16.0. The second-order valence-corrected chi connectivity index (χ2v) is 6.78. The Balaban J connectivity index is 0.00000243. The van der Waals surface area contributed by atoms with Crippen LogP contribution in [0, 0.1) is 0 Å². The number of morpholine rings is 1. The number of hydrogen-bond donors (Lipinski definition) is 2. The van der Waals surface area contributed by atoms with Crippen LogP contribution in [0.15, 0.2) is 48.5 Å². The summed E-state index contributed by atoms with van der Waals surface area (Å²) in [5, 5.41) is 13.8. The number of hydrogen-bond acceptors (Lipinski definition) is 4. The molecule has 26 heavy (non-hydrogen) atoms. The number of aliphatic hydroxyl groups excluding tert-OH is 1. The first-order valence-corrected chi connectivity index (χ1v) is 8.93. The Morgan fingerprint density at radius 1 is 1.04 bits per heavy atom. The van der Waals surface area contributed by atoms with Gasteiger partial charge in [0, 0.05) is 18.7 Å². The minimum atomic E-state index is -0.683. The van der Waals surface area contributed by atoms with E-state index in [4.69, 9.17) is 9.47 Å². The van der Waals surface area contributed by atoms with Gasteiger partial charge in [-0.15, -0.1) is 12.4 Å². The van der Waals surface area contributed by atoms with Crippen LogP contribution in [0.25, 0.3) is 0 Å². The molecule has 1 aliphatic heterocycles. The Morgan fingerprint density at radius 3 is 2.31 bits per heavy atom. The summed E-state index contributed by atoms with van der Waals surface area (Å²) in [6.07, 6.45) is -0.501. The lowest BCUT2D eigenvalue weighted by molar-refractivity contribution is -0.0438. The third-order valence-electron chi connectivity index (χ3n) is 4.53. The molecule has 5 heteroatoms. The lowest BCUT2D eigenvalue weighted by atomic mass is 9.81. The van der Waals surface area contributed by atoms with E-state index in [1.54, 1.807) is 6.92 Å². The average molecular weight is 378 g/mol. The fraction of sp³-hybridized carbons (Fsp3) is 0.429. The molecule has 0 spiro atoms. The van der Waals surface area contributed by atoms with Crippen LogP contribution < -0.4 is 10.1 Å². The molecule has 2 N–H and O–H groups in total. The molecule has 2 aromatic carbocycles. The molecule has 0 saturated carbocycles. The summed E-state index contributed by atoms with van der Waals surface area (Å²) in [7, 11) is 0. The number of benzene rings is 2. The van der Waals surface area contributed by atoms with E-state index in [-0.39, 0.29) is 18.5 Å². The van der Waals surface area contributed by atoms with Crippen LogP contribution in [0.4, 0.5) is 0 Å². The van der Waals surface area contributed by atoms with Crippen molar-refractivity contribution in [3.05, 3.63) is 65.2 Å². The van der Waals surface area contributed by atoms with Crippen molar-refractivity contribution in [3.8, 4) is 5.75 Å². The minimum absolute atomic E-state index is 0. The molecular formula is C21H28ClNO3. The van der Waals surface area contributed by atoms with Crippen molar-refractivity contribution in [1.29, 1.82) is 0 Å². The van der Waals surface area contributed by atoms with Crippen LogP contribution in [-0.4, -0.2) is 30.9 Å². The largest absolute Gasteiger partial charge is 0.491 e. The Kier molecular flexibility index (Phi) is 7.07. The highest BCUT2D eigenvalue weighted by Gasteiger charge is 2.41. The van der Waals surface area contributed by atoms with Gasteiger partial charge in [0.05, 0.1) is 18.8 Å². The number of rotatable bonds is 5. The summed E-state index contributed by atoms with van der Waals surface area (Å²) in [6.45, 7) is 7.88. The van der Waals surface area contributed by atoms with Crippen molar-refractivity contribution >= 4 is 12.4 Å². The van der Waals surface area contributed by atoms with Gasteiger partial charge in [0.1, 0.15) is 11.4 Å². The molecule has 1 saturated heterocycles. The lowest BCUT2D eigenvalue weighted by Crippen LogP contribution is -2.49. The second kappa shape index (κ2) is 8.87. The van der Waals surface area contributed by atoms with Crippen LogP contribution in [0.3, 0.4) is 0 Å². The molecule has 0 aromatic heterocycles. The SMILES string of the molecule is CC(C)Oc1ccccc1C1(c2ccccc2C(C)O)CNCCO1.Cl. The van der Waals surface area contributed by atoms with Crippen LogP contribution in [0.5, 0.6) is 5.75 Å². The summed E-state index contributed by atoms with van der Waals surface area (Å²) in [5.41, 5.74) is 2.17. The first kappa shape index (κ1) is 20.7. The molecule has 0 bridgehead atoms. The van der Waals surface area contributed by atoms with E-state index in [2.05, 4.69) is 11.4 Å². The van der Waals surface area contributed by atoms with Crippen LogP contribution >= 0.6 is 12.4 Å². The Bertz CT molecular complexity index is 712. The maximum Gasteiger partial charge on any atom is 0.134 e. The number of halogens is 1. The van der Waals surface area contributed by atoms with Gasteiger partial charge in [-0.25, -0.2) is 0 Å². The van der Waals surface area contributed by atoms with Crippen molar-refractivity contribution in [2.45, 2.75) is 38.6 Å². The fourth-order valence-electron chi connectivity index (χ4n) is 3.49. The van der Waals surface area contributed by atoms with Gasteiger partial charge < -0.3 is 19.9 Å². The topological polar surface area (TPSA) is 50.7 Å². The highest BCUT2D eigenvalue weighted by Crippen LogP contribution is 2.42. The van der Waals surface area contributed by atoms with Gasteiger partial charge in [-0.1, -0.05) is 42.5 Å². The van der Waals surface area contributed by atoms with Crippen molar-refractivity contribution < 1.29 is 14.6 Å². The van der Waals surface area contributed by atoms with Crippen molar-refractivity contribution in [1.82, 2.24) is 5.32 Å². The number of ether oxygens (including phenoxy) is 2. The van der Waals surface area contributed by atoms with E-state index in [0.29, 0.717) is 13.2 Å². The van der Waals surface area contributed by atoms with Crippen molar-refractivity contribution in [2.24, 2.45) is 0 Å². The van der Waals surface area contributed by atoms with Gasteiger partial charge in [-0.2, -0.15) is 0 Å². The average Bonchev–Trinajstić information content (AvgIpc) is 2.62. The zero-order valence-corrected chi connectivity index (χ0v) is 16.4. The predicted octanol–water partition coefficient (Wildman–Crippen LogP) is 3.81. The summed E-state index contributed by atoms with van der Waals surface area (Å²) >= 11 is 0. The number of para-hydroxylation sites is 1. The van der Waals surface area contributed by atoms with Crippen LogP contribution in [-0.2, 0) is 10.3 Å². The molecule has 0 radical (unpaired) electrons. The van der Waals surface area contributed by atoms with Crippen molar-refractivity contribution in [3.63, 3.8) is 0 Å². The van der Waals surface area contributed by atoms with Gasteiger partial charge in [-0.3, -0.25) is 0 Å². The molecule has 142 valence electrons. The van der Waals surface area contributed by atoms with E-state index < -0.39 is 11.7 Å². The van der Waals surface area contributed by atoms with Gasteiger partial charge in [0.2, 0.25) is 0 Å². The molecule has 1 aliphatic rings. The van der Waals surface area contributed by atoms with E-state index in [1.807, 2.05) is 56.3 Å². The molecule has 0 aliphatic carbocycles. The monoisotopic (exact) mass is 377 g/mol. The molecule has 1 fully saturated rings. The number of aliphatic hydroxyl groups is 1. The summed E-state index contributed by atoms with van der Waals surface area (Å²) in [4.78, 5) is 0. The van der Waals surface area contributed by atoms with Gasteiger partial charge in [0.25, 0.3) is 0 Å². The third kappa shape index (κ3) is 4.04. The standard InChI is InChI=1S/C21H27NO3.ClH/c1-15(2)25-20-11-7-6-10-19(20)21(14-22-12-13-24-21)18-9-5-4-8-17(18)16(3)23;/h4-11,15-16,22-23H,12-14H2,1-3H3;1H. The molecule has 4 nitrogen and oxygen atoms in total. The van der Waals surface area contributed by atoms with E-state index in [0.717, 1.165) is 29.0 Å². The molecule has 2 atom stereocenters. The highest BCUT2D eigenvalue weighted by atomic mass is 35.5. The first-order valence-electron chi connectivity index (χ1n) is 8.93. The Hall–Kier alpha value is -1.59. The van der Waals surface area contributed by atoms with E-state index >= 15 is 0 Å². The Labute approximate surface area is 161 Å². The summed E-state index contributed by atoms with van der Waals surface area (Å²) in [5.74, 6) is 0.821. The molecule has 0 amide bonds. The zero-order chi connectivity index (χ0) is 17.9. The maximum atomic E-state index is 10.3. The second-order valence-electron chi connectivity index (χ2n) is 6.78. The molecule has 1 heterocycles. The quantitative estimate of drug-likeness (QED) is 0.831. The highest BCUT2D eigenvalue weighted by molar-refractivity contribution is 5.85. The Morgan fingerprint density at radius 2 is 1.69 bits per heavy atom. The lowest BCUT2D eigenvalue weighted by Gasteiger charge is -2.41. The normalized spacial score (nSPS) is 21.1. The molecular weight excluding hydrogens is 350 g/mol. The van der Waals surface area contributed by atoms with Crippen LogP contribution in [0.2, 0.25) is 0 Å². The van der Waals surface area contributed by atoms with E-state index in [9.17, 15) is 5.11 Å². The van der Waals surface area contributed by atoms with Crippen LogP contribution in [0.1, 0.15) is 43.6 Å². The fourth-order valence-corrected chi connectivity index (χ4v) is 3.49. The molecule has 3 rings (SSSR count). The van der Waals surface area contributed by atoms with Gasteiger partial charge in [-0.05, 0) is 38.0 Å².